The number of amides is 1. The lowest BCUT2D eigenvalue weighted by Crippen LogP contribution is -2.14. The molecule has 194 valence electrons. The van der Waals surface area contributed by atoms with Crippen LogP contribution in [0.15, 0.2) is 36.4 Å². The van der Waals surface area contributed by atoms with Crippen LogP contribution in [-0.2, 0) is 11.2 Å². The average molecular weight is 501 g/mol. The predicted octanol–water partition coefficient (Wildman–Crippen LogP) is 6.33. The normalized spacial score (nSPS) is 11.1. The zero-order valence-electron chi connectivity index (χ0n) is 22.9. The van der Waals surface area contributed by atoms with Gasteiger partial charge in [-0.3, -0.25) is 4.79 Å². The zero-order chi connectivity index (χ0) is 26.7. The average Bonchev–Trinajstić information content (AvgIpc) is 3.18. The summed E-state index contributed by atoms with van der Waals surface area (Å²) >= 11 is 0. The number of aryl methyl sites for hydroxylation is 5. The van der Waals surface area contributed by atoms with Gasteiger partial charge in [-0.2, -0.15) is 5.10 Å². The smallest absolute Gasteiger partial charge is 0.224 e. The zero-order valence-corrected chi connectivity index (χ0v) is 22.9. The second-order valence-electron chi connectivity index (χ2n) is 9.34. The number of hydrogen-bond donors (Lipinski definition) is 1. The van der Waals surface area contributed by atoms with E-state index in [4.69, 9.17) is 19.6 Å². The Morgan fingerprint density at radius 2 is 1.68 bits per heavy atom. The highest BCUT2D eigenvalue weighted by Gasteiger charge is 2.19. The number of carbonyl (C=O) groups is 1. The number of hydrogen-bond acceptors (Lipinski definition) is 5. The van der Waals surface area contributed by atoms with Crippen LogP contribution in [0, 0.1) is 34.6 Å². The standard InChI is InChI=1S/C30H36N4O3/c1-8-36-24-12-14-27(37-9-2)26(17-24)32-28(35)15-13-25-20(5)29-22(7)33-34(30(29)31-21(25)6)23-11-10-18(3)19(4)16-23/h10-12,14,16-17H,8-9,13,15H2,1-7H3,(H,32,35). The van der Waals surface area contributed by atoms with Crippen molar-refractivity contribution in [1.82, 2.24) is 14.8 Å². The van der Waals surface area contributed by atoms with E-state index in [2.05, 4.69) is 44.3 Å². The van der Waals surface area contributed by atoms with Crippen molar-refractivity contribution in [1.29, 1.82) is 0 Å². The third-order valence-corrected chi connectivity index (χ3v) is 6.75. The molecule has 0 spiro atoms. The fraction of sp³-hybridized carbons (Fsp3) is 0.367. The van der Waals surface area contributed by atoms with Crippen LogP contribution >= 0.6 is 0 Å². The van der Waals surface area contributed by atoms with Gasteiger partial charge in [-0.05, 0) is 101 Å². The number of fused-ring (bicyclic) bond motifs is 1. The number of rotatable bonds is 9. The highest BCUT2D eigenvalue weighted by molar-refractivity contribution is 5.93. The van der Waals surface area contributed by atoms with Crippen molar-refractivity contribution >= 4 is 22.6 Å². The third-order valence-electron chi connectivity index (χ3n) is 6.75. The molecule has 1 amide bonds. The van der Waals surface area contributed by atoms with Gasteiger partial charge in [0.25, 0.3) is 0 Å². The first kappa shape index (κ1) is 26.2. The van der Waals surface area contributed by atoms with Crippen molar-refractivity contribution in [3.8, 4) is 17.2 Å². The second-order valence-corrected chi connectivity index (χ2v) is 9.34. The number of pyridine rings is 1. The minimum atomic E-state index is -0.0870. The maximum absolute atomic E-state index is 13.0. The summed E-state index contributed by atoms with van der Waals surface area (Å²) in [7, 11) is 0. The predicted molar refractivity (Wildman–Crippen MR) is 148 cm³/mol. The Hall–Kier alpha value is -3.87. The van der Waals surface area contributed by atoms with Gasteiger partial charge < -0.3 is 14.8 Å². The van der Waals surface area contributed by atoms with E-state index in [0.717, 1.165) is 39.2 Å². The summed E-state index contributed by atoms with van der Waals surface area (Å²) in [6, 6.07) is 11.8. The molecule has 0 aliphatic rings. The summed E-state index contributed by atoms with van der Waals surface area (Å²) in [5.74, 6) is 1.24. The summed E-state index contributed by atoms with van der Waals surface area (Å²) in [6.45, 7) is 15.2. The Balaban J connectivity index is 1.58. The lowest BCUT2D eigenvalue weighted by Gasteiger charge is -2.15. The van der Waals surface area contributed by atoms with E-state index in [9.17, 15) is 4.79 Å². The molecule has 2 heterocycles. The Bertz CT molecular complexity index is 1460. The van der Waals surface area contributed by atoms with Crippen LogP contribution in [0.4, 0.5) is 5.69 Å². The van der Waals surface area contributed by atoms with Gasteiger partial charge in [-0.15, -0.1) is 0 Å². The van der Waals surface area contributed by atoms with Gasteiger partial charge in [0, 0.05) is 23.6 Å². The van der Waals surface area contributed by atoms with Crippen LogP contribution in [0.25, 0.3) is 16.7 Å². The maximum Gasteiger partial charge on any atom is 0.224 e. The third kappa shape index (κ3) is 5.45. The number of benzene rings is 2. The maximum atomic E-state index is 13.0. The van der Waals surface area contributed by atoms with Gasteiger partial charge in [0.05, 0.1) is 30.3 Å². The lowest BCUT2D eigenvalue weighted by molar-refractivity contribution is -0.116. The van der Waals surface area contributed by atoms with Crippen molar-refractivity contribution in [2.75, 3.05) is 18.5 Å². The minimum Gasteiger partial charge on any atom is -0.494 e. The number of anilines is 1. The van der Waals surface area contributed by atoms with Crippen molar-refractivity contribution in [2.24, 2.45) is 0 Å². The first-order valence-electron chi connectivity index (χ1n) is 12.9. The topological polar surface area (TPSA) is 78.3 Å². The molecule has 7 nitrogen and oxygen atoms in total. The van der Waals surface area contributed by atoms with Crippen molar-refractivity contribution in [3.05, 3.63) is 70.0 Å². The summed E-state index contributed by atoms with van der Waals surface area (Å²) in [5, 5.41) is 8.87. The SMILES string of the molecule is CCOc1ccc(OCC)c(NC(=O)CCc2c(C)nc3c(c(C)nn3-c3ccc(C)c(C)c3)c2C)c1. The number of nitrogens with one attached hydrogen (secondary N) is 1. The van der Waals surface area contributed by atoms with E-state index in [1.807, 2.05) is 44.5 Å². The first-order valence-corrected chi connectivity index (χ1v) is 12.9. The summed E-state index contributed by atoms with van der Waals surface area (Å²) in [5.41, 5.74) is 8.97. The number of carbonyl (C=O) groups excluding carboxylic acids is 1. The Labute approximate surface area is 218 Å². The molecule has 2 aromatic carbocycles. The van der Waals surface area contributed by atoms with E-state index in [1.165, 1.54) is 11.1 Å². The van der Waals surface area contributed by atoms with Crippen LogP contribution in [0.1, 0.15) is 53.9 Å². The Morgan fingerprint density at radius 1 is 0.919 bits per heavy atom. The van der Waals surface area contributed by atoms with Gasteiger partial charge in [0.1, 0.15) is 11.5 Å². The van der Waals surface area contributed by atoms with E-state index >= 15 is 0 Å². The van der Waals surface area contributed by atoms with Crippen LogP contribution in [0.5, 0.6) is 11.5 Å². The molecule has 0 saturated carbocycles. The van der Waals surface area contributed by atoms with E-state index < -0.39 is 0 Å². The highest BCUT2D eigenvalue weighted by atomic mass is 16.5. The van der Waals surface area contributed by atoms with Crippen molar-refractivity contribution < 1.29 is 14.3 Å². The second kappa shape index (κ2) is 11.0. The minimum absolute atomic E-state index is 0.0870. The van der Waals surface area contributed by atoms with Gasteiger partial charge in [0.2, 0.25) is 5.91 Å². The summed E-state index contributed by atoms with van der Waals surface area (Å²) < 4.78 is 13.2. The van der Waals surface area contributed by atoms with Gasteiger partial charge in [-0.1, -0.05) is 6.07 Å². The fourth-order valence-corrected chi connectivity index (χ4v) is 4.71. The fourth-order valence-electron chi connectivity index (χ4n) is 4.71. The Morgan fingerprint density at radius 3 is 2.38 bits per heavy atom. The summed E-state index contributed by atoms with van der Waals surface area (Å²) in [6.07, 6.45) is 0.902. The molecule has 0 fully saturated rings. The molecule has 0 radical (unpaired) electrons. The van der Waals surface area contributed by atoms with Crippen LogP contribution in [0.2, 0.25) is 0 Å². The largest absolute Gasteiger partial charge is 0.494 e. The molecule has 4 rings (SSSR count). The molecule has 2 aromatic heterocycles. The molecular weight excluding hydrogens is 464 g/mol. The molecule has 37 heavy (non-hydrogen) atoms. The molecule has 0 saturated heterocycles. The van der Waals surface area contributed by atoms with Crippen molar-refractivity contribution in [2.45, 2.75) is 61.3 Å². The van der Waals surface area contributed by atoms with E-state index in [1.54, 1.807) is 6.07 Å². The number of ether oxygens (including phenoxy) is 2. The quantitative estimate of drug-likeness (QED) is 0.290. The van der Waals surface area contributed by atoms with Gasteiger partial charge in [0.15, 0.2) is 5.65 Å². The van der Waals surface area contributed by atoms with Crippen LogP contribution in [-0.4, -0.2) is 33.9 Å². The monoisotopic (exact) mass is 500 g/mol. The Kier molecular flexibility index (Phi) is 7.81. The van der Waals surface area contributed by atoms with Gasteiger partial charge >= 0.3 is 0 Å². The highest BCUT2D eigenvalue weighted by Crippen LogP contribution is 2.31. The number of nitrogens with zero attached hydrogens (tertiary/aromatic N) is 3. The van der Waals surface area contributed by atoms with E-state index in [0.29, 0.717) is 43.2 Å². The van der Waals surface area contributed by atoms with Crippen LogP contribution in [0.3, 0.4) is 0 Å². The van der Waals surface area contributed by atoms with E-state index in [-0.39, 0.29) is 5.91 Å². The molecule has 4 aromatic rings. The molecule has 0 aliphatic carbocycles. The summed E-state index contributed by atoms with van der Waals surface area (Å²) in [4.78, 5) is 17.9. The first-order chi connectivity index (χ1) is 17.7. The van der Waals surface area contributed by atoms with Crippen LogP contribution < -0.4 is 14.8 Å². The van der Waals surface area contributed by atoms with Crippen molar-refractivity contribution in [3.63, 3.8) is 0 Å². The molecule has 0 atom stereocenters. The molecule has 0 aliphatic heterocycles. The van der Waals surface area contributed by atoms with Gasteiger partial charge in [-0.25, -0.2) is 9.67 Å². The molecule has 0 bridgehead atoms. The molecular formula is C30H36N4O3. The molecule has 1 N–H and O–H groups in total. The number of aromatic nitrogens is 3. The lowest BCUT2D eigenvalue weighted by atomic mass is 9.99. The molecule has 0 unspecified atom stereocenters. The molecule has 7 heteroatoms.